The molecule has 0 saturated heterocycles. The van der Waals surface area contributed by atoms with Crippen LogP contribution in [0.15, 0.2) is 176 Å². The van der Waals surface area contributed by atoms with Gasteiger partial charge >= 0.3 is 0 Å². The van der Waals surface area contributed by atoms with E-state index >= 15 is 0 Å². The monoisotopic (exact) mass is 639 g/mol. The maximum atomic E-state index is 7.23. The predicted molar refractivity (Wildman–Crippen MR) is 202 cm³/mol. The molecule has 0 radical (unpaired) electrons. The van der Waals surface area contributed by atoms with Crippen molar-refractivity contribution in [3.63, 3.8) is 0 Å². The summed E-state index contributed by atoms with van der Waals surface area (Å²) in [5.41, 5.74) is 12.4. The summed E-state index contributed by atoms with van der Waals surface area (Å²) in [7, 11) is 0. The Morgan fingerprint density at radius 2 is 1.00 bits per heavy atom. The van der Waals surface area contributed by atoms with Gasteiger partial charge in [0.2, 0.25) is 0 Å². The lowest BCUT2D eigenvalue weighted by molar-refractivity contribution is 0.361. The number of benzene rings is 8. The molecule has 3 aliphatic rings. The number of fused-ring (bicyclic) bond motifs is 14. The fourth-order valence-electron chi connectivity index (χ4n) is 8.72. The molecule has 0 saturated carbocycles. The molecule has 0 atom stereocenters. The van der Waals surface area contributed by atoms with Gasteiger partial charge in [-0.1, -0.05) is 133 Å². The van der Waals surface area contributed by atoms with E-state index in [2.05, 4.69) is 163 Å². The molecule has 50 heavy (non-hydrogen) atoms. The Labute approximate surface area is 290 Å². The Bertz CT molecular complexity index is 2630. The van der Waals surface area contributed by atoms with Crippen LogP contribution >= 0.6 is 0 Å². The lowest BCUT2D eigenvalue weighted by Crippen LogP contribution is -2.25. The van der Waals surface area contributed by atoms with Crippen LogP contribution < -0.4 is 14.4 Å². The molecule has 0 fully saturated rings. The Hall–Kier alpha value is -6.58. The smallest absolute Gasteiger partial charge is 0.194 e. The molecule has 1 spiro atoms. The van der Waals surface area contributed by atoms with Crippen molar-refractivity contribution in [3.05, 3.63) is 198 Å². The summed E-state index contributed by atoms with van der Waals surface area (Å²) in [6.45, 7) is 0. The number of hydrogen-bond donors (Lipinski definition) is 0. The predicted octanol–water partition coefficient (Wildman–Crippen LogP) is 12.6. The van der Waals surface area contributed by atoms with E-state index in [1.54, 1.807) is 0 Å². The highest BCUT2D eigenvalue weighted by atomic mass is 16.6. The Balaban J connectivity index is 1.14. The summed E-state index contributed by atoms with van der Waals surface area (Å²) in [6, 6.07) is 62.6. The van der Waals surface area contributed by atoms with E-state index in [4.69, 9.17) is 9.47 Å². The molecule has 1 heterocycles. The zero-order chi connectivity index (χ0) is 32.8. The Kier molecular flexibility index (Phi) is 5.59. The molecule has 8 aromatic carbocycles. The summed E-state index contributed by atoms with van der Waals surface area (Å²) in [4.78, 5) is 2.27. The second-order valence-electron chi connectivity index (χ2n) is 13.2. The van der Waals surface area contributed by atoms with Crippen LogP contribution in [0.2, 0.25) is 0 Å². The maximum absolute atomic E-state index is 7.23. The van der Waals surface area contributed by atoms with Crippen molar-refractivity contribution < 1.29 is 9.47 Å². The highest BCUT2D eigenvalue weighted by molar-refractivity contribution is 5.98. The second kappa shape index (κ2) is 10.2. The minimum absolute atomic E-state index is 0.460. The molecule has 3 nitrogen and oxygen atoms in total. The van der Waals surface area contributed by atoms with Gasteiger partial charge in [0.1, 0.15) is 0 Å². The Morgan fingerprint density at radius 3 is 1.76 bits per heavy atom. The zero-order valence-electron chi connectivity index (χ0n) is 27.0. The zero-order valence-corrected chi connectivity index (χ0v) is 27.0. The summed E-state index contributed by atoms with van der Waals surface area (Å²) in [6.07, 6.45) is 0. The third-order valence-electron chi connectivity index (χ3n) is 10.7. The van der Waals surface area contributed by atoms with E-state index in [-0.39, 0.29) is 0 Å². The molecule has 0 amide bonds. The minimum Gasteiger partial charge on any atom is -0.449 e. The van der Waals surface area contributed by atoms with Crippen molar-refractivity contribution in [3.8, 4) is 45.3 Å². The first kappa shape index (κ1) is 27.4. The second-order valence-corrected chi connectivity index (χ2v) is 13.2. The topological polar surface area (TPSA) is 21.7 Å². The van der Waals surface area contributed by atoms with Gasteiger partial charge in [0.15, 0.2) is 23.0 Å². The van der Waals surface area contributed by atoms with Crippen LogP contribution in [0.3, 0.4) is 0 Å². The van der Waals surface area contributed by atoms with E-state index < -0.39 is 5.41 Å². The first-order valence-corrected chi connectivity index (χ1v) is 17.1. The van der Waals surface area contributed by atoms with Gasteiger partial charge in [-0.3, -0.25) is 0 Å². The normalized spacial score (nSPS) is 13.7. The number of para-hydroxylation sites is 2. The number of nitrogens with zero attached hydrogens (tertiary/aromatic N) is 1. The summed E-state index contributed by atoms with van der Waals surface area (Å²) in [5, 5.41) is 2.38. The van der Waals surface area contributed by atoms with Gasteiger partial charge in [-0.05, 0) is 92.2 Å². The Morgan fingerprint density at radius 1 is 0.380 bits per heavy atom. The molecule has 0 N–H and O–H groups in total. The molecule has 2 aliphatic carbocycles. The minimum atomic E-state index is -0.460. The fourth-order valence-corrected chi connectivity index (χ4v) is 8.72. The third-order valence-corrected chi connectivity index (χ3v) is 10.7. The van der Waals surface area contributed by atoms with Crippen molar-refractivity contribution in [1.82, 2.24) is 0 Å². The van der Waals surface area contributed by atoms with Crippen LogP contribution in [-0.4, -0.2) is 0 Å². The molecular weight excluding hydrogens is 611 g/mol. The van der Waals surface area contributed by atoms with Crippen molar-refractivity contribution in [2.24, 2.45) is 0 Å². The SMILES string of the molecule is c1ccc(N(c2ccc3ccccc3c2)c2cccc3c2Oc2c(ccc4c2-c2ccccc2C42c4ccccc4-c4ccccc42)O3)cc1. The molecular formula is C47H29NO2. The summed E-state index contributed by atoms with van der Waals surface area (Å²) in [5.74, 6) is 2.85. The van der Waals surface area contributed by atoms with Crippen molar-refractivity contribution in [2.45, 2.75) is 5.41 Å². The standard InChI is InChI=1S/C47H29NO2/c1-2-15-32(16-3-1)48(33-26-25-30-13-4-5-14-31(30)29-33)41-23-12-24-42-45(41)50-46-43(49-42)28-27-40-44(46)36-19-8-11-22-39(36)47(40)37-20-9-6-17-34(37)35-18-7-10-21-38(35)47/h1-29H. The van der Waals surface area contributed by atoms with Gasteiger partial charge in [0.05, 0.1) is 11.1 Å². The van der Waals surface area contributed by atoms with Gasteiger partial charge in [0.25, 0.3) is 0 Å². The lowest BCUT2D eigenvalue weighted by atomic mass is 9.70. The van der Waals surface area contributed by atoms with Crippen LogP contribution in [0.1, 0.15) is 22.3 Å². The van der Waals surface area contributed by atoms with Gasteiger partial charge in [0, 0.05) is 16.9 Å². The number of ether oxygens (including phenoxy) is 2. The average Bonchev–Trinajstić information content (AvgIpc) is 3.65. The lowest BCUT2D eigenvalue weighted by Gasteiger charge is -2.32. The third kappa shape index (κ3) is 3.58. The molecule has 8 aromatic rings. The van der Waals surface area contributed by atoms with Crippen molar-refractivity contribution in [1.29, 1.82) is 0 Å². The molecule has 3 heteroatoms. The highest BCUT2D eigenvalue weighted by Crippen LogP contribution is 2.66. The molecule has 1 aliphatic heterocycles. The van der Waals surface area contributed by atoms with Crippen LogP contribution in [0.25, 0.3) is 33.0 Å². The maximum Gasteiger partial charge on any atom is 0.194 e. The largest absolute Gasteiger partial charge is 0.449 e. The first-order chi connectivity index (χ1) is 24.8. The quantitative estimate of drug-likeness (QED) is 0.192. The average molecular weight is 640 g/mol. The van der Waals surface area contributed by atoms with E-state index in [9.17, 15) is 0 Å². The van der Waals surface area contributed by atoms with E-state index in [0.717, 1.165) is 34.1 Å². The van der Waals surface area contributed by atoms with Crippen molar-refractivity contribution in [2.75, 3.05) is 4.90 Å². The number of rotatable bonds is 3. The number of anilines is 3. The van der Waals surface area contributed by atoms with E-state index in [1.165, 1.54) is 49.7 Å². The van der Waals surface area contributed by atoms with Crippen molar-refractivity contribution >= 4 is 27.8 Å². The van der Waals surface area contributed by atoms with Gasteiger partial charge < -0.3 is 14.4 Å². The number of hydrogen-bond acceptors (Lipinski definition) is 3. The van der Waals surface area contributed by atoms with Gasteiger partial charge in [-0.15, -0.1) is 0 Å². The van der Waals surface area contributed by atoms with Gasteiger partial charge in [-0.2, -0.15) is 0 Å². The van der Waals surface area contributed by atoms with E-state index in [0.29, 0.717) is 11.5 Å². The molecule has 11 rings (SSSR count). The molecule has 0 bridgehead atoms. The summed E-state index contributed by atoms with van der Waals surface area (Å²) >= 11 is 0. The molecule has 0 aromatic heterocycles. The van der Waals surface area contributed by atoms with E-state index in [1.807, 2.05) is 18.2 Å². The molecule has 234 valence electrons. The fraction of sp³-hybridized carbons (Fsp3) is 0.0213. The highest BCUT2D eigenvalue weighted by Gasteiger charge is 2.53. The molecule has 0 unspecified atom stereocenters. The van der Waals surface area contributed by atoms with Crippen LogP contribution in [0, 0.1) is 0 Å². The summed E-state index contributed by atoms with van der Waals surface area (Å²) < 4.78 is 14.0. The first-order valence-electron chi connectivity index (χ1n) is 17.1. The van der Waals surface area contributed by atoms with Crippen LogP contribution in [0.5, 0.6) is 23.0 Å². The van der Waals surface area contributed by atoms with Gasteiger partial charge in [-0.25, -0.2) is 0 Å². The van der Waals surface area contributed by atoms with Crippen LogP contribution in [-0.2, 0) is 5.41 Å². The van der Waals surface area contributed by atoms with Crippen LogP contribution in [0.4, 0.5) is 17.1 Å².